The van der Waals surface area contributed by atoms with Gasteiger partial charge in [-0.3, -0.25) is 9.78 Å². The normalized spacial score (nSPS) is 17.3. The molecule has 0 N–H and O–H groups in total. The van der Waals surface area contributed by atoms with Gasteiger partial charge < -0.3 is 4.90 Å². The SMILES string of the molecule is O=C(c1cncc(-c2cncnc2)c1)N1CCC(F)(F)CC1. The summed E-state index contributed by atoms with van der Waals surface area (Å²) in [5, 5.41) is 0. The van der Waals surface area contributed by atoms with Gasteiger partial charge in [-0.05, 0) is 6.07 Å². The lowest BCUT2D eigenvalue weighted by Gasteiger charge is -2.31. The molecule has 114 valence electrons. The first-order valence-corrected chi connectivity index (χ1v) is 6.93. The first-order chi connectivity index (χ1) is 10.6. The number of carbonyl (C=O) groups is 1. The molecule has 1 fully saturated rings. The lowest BCUT2D eigenvalue weighted by atomic mass is 10.0. The van der Waals surface area contributed by atoms with Crippen LogP contribution in [-0.4, -0.2) is 44.8 Å². The molecule has 3 rings (SSSR count). The van der Waals surface area contributed by atoms with Crippen molar-refractivity contribution in [2.24, 2.45) is 0 Å². The second kappa shape index (κ2) is 5.75. The van der Waals surface area contributed by atoms with Gasteiger partial charge in [-0.15, -0.1) is 0 Å². The molecular formula is C15H14F2N4O. The third kappa shape index (κ3) is 3.08. The van der Waals surface area contributed by atoms with Crippen LogP contribution >= 0.6 is 0 Å². The Kier molecular flexibility index (Phi) is 3.79. The van der Waals surface area contributed by atoms with Gasteiger partial charge in [0.15, 0.2) is 0 Å². The molecule has 0 bridgehead atoms. The van der Waals surface area contributed by atoms with Crippen LogP contribution < -0.4 is 0 Å². The first kappa shape index (κ1) is 14.5. The maximum absolute atomic E-state index is 13.2. The molecule has 0 aliphatic carbocycles. The molecule has 2 aromatic heterocycles. The fourth-order valence-corrected chi connectivity index (χ4v) is 2.38. The molecule has 5 nitrogen and oxygen atoms in total. The summed E-state index contributed by atoms with van der Waals surface area (Å²) in [5.74, 6) is -2.94. The molecule has 7 heteroatoms. The third-order valence-electron chi connectivity index (χ3n) is 3.66. The highest BCUT2D eigenvalue weighted by atomic mass is 19.3. The first-order valence-electron chi connectivity index (χ1n) is 6.93. The number of alkyl halides is 2. The molecule has 0 atom stereocenters. The van der Waals surface area contributed by atoms with E-state index in [1.54, 1.807) is 24.7 Å². The summed E-state index contributed by atoms with van der Waals surface area (Å²) in [7, 11) is 0. The molecule has 1 aliphatic rings. The Hall–Kier alpha value is -2.44. The van der Waals surface area contributed by atoms with E-state index >= 15 is 0 Å². The third-order valence-corrected chi connectivity index (χ3v) is 3.66. The van der Waals surface area contributed by atoms with Crippen LogP contribution in [0.3, 0.4) is 0 Å². The predicted octanol–water partition coefficient (Wildman–Crippen LogP) is 2.41. The molecule has 1 aliphatic heterocycles. The zero-order chi connectivity index (χ0) is 15.6. The molecule has 22 heavy (non-hydrogen) atoms. The van der Waals surface area contributed by atoms with Gasteiger partial charge in [0.25, 0.3) is 11.8 Å². The molecule has 0 unspecified atom stereocenters. The minimum Gasteiger partial charge on any atom is -0.338 e. The van der Waals surface area contributed by atoms with Gasteiger partial charge in [-0.25, -0.2) is 18.7 Å². The zero-order valence-electron chi connectivity index (χ0n) is 11.7. The van der Waals surface area contributed by atoms with Crippen molar-refractivity contribution < 1.29 is 13.6 Å². The number of piperidine rings is 1. The van der Waals surface area contributed by atoms with Gasteiger partial charge in [0, 0.05) is 61.8 Å². The minimum atomic E-state index is -2.67. The van der Waals surface area contributed by atoms with Crippen molar-refractivity contribution in [3.05, 3.63) is 42.7 Å². The van der Waals surface area contributed by atoms with Gasteiger partial charge in [-0.1, -0.05) is 0 Å². The molecule has 0 aromatic carbocycles. The van der Waals surface area contributed by atoms with Crippen molar-refractivity contribution >= 4 is 5.91 Å². The molecule has 3 heterocycles. The Morgan fingerprint density at radius 3 is 2.32 bits per heavy atom. The van der Waals surface area contributed by atoms with Gasteiger partial charge in [0.05, 0.1) is 5.56 Å². The Bertz CT molecular complexity index is 668. The van der Waals surface area contributed by atoms with Crippen LogP contribution in [0.4, 0.5) is 8.78 Å². The van der Waals surface area contributed by atoms with Crippen LogP contribution in [0.25, 0.3) is 11.1 Å². The van der Waals surface area contributed by atoms with E-state index in [1.165, 1.54) is 17.4 Å². The number of likely N-dealkylation sites (tertiary alicyclic amines) is 1. The van der Waals surface area contributed by atoms with Gasteiger partial charge in [-0.2, -0.15) is 0 Å². The van der Waals surface area contributed by atoms with Crippen LogP contribution in [0.15, 0.2) is 37.2 Å². The molecule has 0 saturated carbocycles. The number of nitrogens with zero attached hydrogens (tertiary/aromatic N) is 4. The zero-order valence-corrected chi connectivity index (χ0v) is 11.7. The largest absolute Gasteiger partial charge is 0.338 e. The fraction of sp³-hybridized carbons (Fsp3) is 0.333. The van der Waals surface area contributed by atoms with Crippen molar-refractivity contribution in [2.75, 3.05) is 13.1 Å². The smallest absolute Gasteiger partial charge is 0.255 e. The number of hydrogen-bond donors (Lipinski definition) is 0. The highest BCUT2D eigenvalue weighted by Gasteiger charge is 2.35. The molecule has 1 saturated heterocycles. The standard InChI is InChI=1S/C15H14F2N4O/c16-15(17)1-3-21(4-2-15)14(22)12-5-11(6-18-7-12)13-8-19-10-20-9-13/h5-10H,1-4H2. The Labute approximate surface area is 126 Å². The summed E-state index contributed by atoms with van der Waals surface area (Å²) in [6, 6.07) is 1.68. The quantitative estimate of drug-likeness (QED) is 0.855. The maximum atomic E-state index is 13.2. The Balaban J connectivity index is 1.79. The van der Waals surface area contributed by atoms with E-state index in [0.29, 0.717) is 11.1 Å². The lowest BCUT2D eigenvalue weighted by Crippen LogP contribution is -2.42. The summed E-state index contributed by atoms with van der Waals surface area (Å²) in [4.78, 5) is 25.8. The number of hydrogen-bond acceptors (Lipinski definition) is 4. The highest BCUT2D eigenvalue weighted by molar-refractivity contribution is 5.95. The summed E-state index contributed by atoms with van der Waals surface area (Å²) in [5.41, 5.74) is 1.84. The van der Waals surface area contributed by atoms with Crippen LogP contribution in [0.2, 0.25) is 0 Å². The topological polar surface area (TPSA) is 59.0 Å². The second-order valence-electron chi connectivity index (χ2n) is 5.24. The van der Waals surface area contributed by atoms with E-state index in [-0.39, 0.29) is 31.8 Å². The monoisotopic (exact) mass is 304 g/mol. The van der Waals surface area contributed by atoms with E-state index in [0.717, 1.165) is 5.56 Å². The molecule has 1 amide bonds. The highest BCUT2D eigenvalue weighted by Crippen LogP contribution is 2.28. The summed E-state index contributed by atoms with van der Waals surface area (Å²) >= 11 is 0. The number of amides is 1. The number of halogens is 2. The fourth-order valence-electron chi connectivity index (χ4n) is 2.38. The predicted molar refractivity (Wildman–Crippen MR) is 75.3 cm³/mol. The Morgan fingerprint density at radius 1 is 1.00 bits per heavy atom. The van der Waals surface area contributed by atoms with E-state index in [1.807, 2.05) is 0 Å². The summed E-state index contributed by atoms with van der Waals surface area (Å²) in [6.45, 7) is 0.120. The number of rotatable bonds is 2. The number of pyridine rings is 1. The second-order valence-corrected chi connectivity index (χ2v) is 5.24. The van der Waals surface area contributed by atoms with E-state index in [9.17, 15) is 13.6 Å². The summed E-state index contributed by atoms with van der Waals surface area (Å²) in [6.07, 6.45) is 7.14. The van der Waals surface area contributed by atoms with Crippen LogP contribution in [0, 0.1) is 0 Å². The van der Waals surface area contributed by atoms with Crippen LogP contribution in [0.5, 0.6) is 0 Å². The van der Waals surface area contributed by atoms with Crippen molar-refractivity contribution in [1.82, 2.24) is 19.9 Å². The molecule has 0 radical (unpaired) electrons. The number of aromatic nitrogens is 3. The van der Waals surface area contributed by atoms with E-state index in [4.69, 9.17) is 0 Å². The average molecular weight is 304 g/mol. The van der Waals surface area contributed by atoms with Gasteiger partial charge in [0.1, 0.15) is 6.33 Å². The van der Waals surface area contributed by atoms with Gasteiger partial charge >= 0.3 is 0 Å². The Morgan fingerprint density at radius 2 is 1.64 bits per heavy atom. The lowest BCUT2D eigenvalue weighted by molar-refractivity contribution is -0.0494. The van der Waals surface area contributed by atoms with Crippen LogP contribution in [-0.2, 0) is 0 Å². The molecular weight excluding hydrogens is 290 g/mol. The van der Waals surface area contributed by atoms with E-state index in [2.05, 4.69) is 15.0 Å². The minimum absolute atomic E-state index is 0.0600. The summed E-state index contributed by atoms with van der Waals surface area (Å²) < 4.78 is 26.3. The maximum Gasteiger partial charge on any atom is 0.255 e. The van der Waals surface area contributed by atoms with Crippen molar-refractivity contribution in [1.29, 1.82) is 0 Å². The van der Waals surface area contributed by atoms with Crippen LogP contribution in [0.1, 0.15) is 23.2 Å². The average Bonchev–Trinajstić information content (AvgIpc) is 2.55. The van der Waals surface area contributed by atoms with Crippen molar-refractivity contribution in [2.45, 2.75) is 18.8 Å². The van der Waals surface area contributed by atoms with Crippen molar-refractivity contribution in [3.63, 3.8) is 0 Å². The molecule has 2 aromatic rings. The van der Waals surface area contributed by atoms with E-state index < -0.39 is 5.92 Å². The molecule has 0 spiro atoms. The number of carbonyl (C=O) groups excluding carboxylic acids is 1. The van der Waals surface area contributed by atoms with Gasteiger partial charge in [0.2, 0.25) is 0 Å². The van der Waals surface area contributed by atoms with Crippen molar-refractivity contribution in [3.8, 4) is 11.1 Å².